The molecule has 0 radical (unpaired) electrons. The topological polar surface area (TPSA) is 34.1 Å². The van der Waals surface area contributed by atoms with E-state index in [9.17, 15) is 4.79 Å². The van der Waals surface area contributed by atoms with Crippen molar-refractivity contribution in [3.8, 4) is 0 Å². The molecule has 3 heteroatoms. The van der Waals surface area contributed by atoms with Crippen LogP contribution in [0.1, 0.15) is 29.3 Å². The molecule has 0 atom stereocenters. The molecule has 0 spiro atoms. The summed E-state index contributed by atoms with van der Waals surface area (Å²) >= 11 is 0. The predicted molar refractivity (Wildman–Crippen MR) is 54.8 cm³/mol. The van der Waals surface area contributed by atoms with Crippen LogP contribution in [0.2, 0.25) is 0 Å². The fourth-order valence-corrected chi connectivity index (χ4v) is 1.08. The molecule has 1 rings (SSSR count). The van der Waals surface area contributed by atoms with Crippen LogP contribution in [0, 0.1) is 6.92 Å². The molecule has 0 unspecified atom stereocenters. The van der Waals surface area contributed by atoms with Gasteiger partial charge in [-0.25, -0.2) is 0 Å². The van der Waals surface area contributed by atoms with Gasteiger partial charge in [0.25, 0.3) is 0 Å². The van der Waals surface area contributed by atoms with Crippen LogP contribution in [0.5, 0.6) is 0 Å². The molecule has 0 saturated carbocycles. The quantitative estimate of drug-likeness (QED) is 0.538. The van der Waals surface area contributed by atoms with Gasteiger partial charge >= 0.3 is 0 Å². The third kappa shape index (κ3) is 3.47. The Morgan fingerprint density at radius 1 is 1.31 bits per heavy atom. The number of carbonyl (C=O) groups excluding carboxylic acids is 1. The highest BCUT2D eigenvalue weighted by Crippen LogP contribution is 2.08. The van der Waals surface area contributed by atoms with E-state index >= 15 is 0 Å². The first-order chi connectivity index (χ1) is 6.25. The number of hydrogen-bond donors (Lipinski definition) is 0. The maximum absolute atomic E-state index is 11.2. The first-order valence-corrected chi connectivity index (χ1v) is 4.45. The molecule has 1 aromatic carbocycles. The summed E-state index contributed by atoms with van der Waals surface area (Å²) in [4.78, 5) is 11.2. The van der Waals surface area contributed by atoms with Crippen molar-refractivity contribution in [1.29, 1.82) is 0 Å². The molecule has 0 saturated heterocycles. The molecule has 0 N–H and O–H groups in total. The van der Waals surface area contributed by atoms with E-state index in [1.165, 1.54) is 0 Å². The smallest absolute Gasteiger partial charge is 0.162 e. The minimum atomic E-state index is 0.225. The average molecular weight is 196 g/mol. The Morgan fingerprint density at radius 3 is 2.31 bits per heavy atom. The summed E-state index contributed by atoms with van der Waals surface area (Å²) in [6.07, 6.45) is 0.588. The van der Waals surface area contributed by atoms with Gasteiger partial charge in [-0.05, 0) is 12.5 Å². The number of carbonyl (C=O) groups is 1. The molecule has 0 aromatic heterocycles. The lowest BCUT2D eigenvalue weighted by atomic mass is 10.0. The summed E-state index contributed by atoms with van der Waals surface area (Å²) in [5.74, 6) is 0.225. The first-order valence-electron chi connectivity index (χ1n) is 4.05. The van der Waals surface area contributed by atoms with Gasteiger partial charge in [-0.15, -0.1) is 0 Å². The zero-order chi connectivity index (χ0) is 10.3. The largest absolute Gasteiger partial charge is 0.294 e. The zero-order valence-corrected chi connectivity index (χ0v) is 8.83. The van der Waals surface area contributed by atoms with E-state index < -0.39 is 0 Å². The molecule has 1 aromatic rings. The molecule has 70 valence electrons. The summed E-state index contributed by atoms with van der Waals surface area (Å²) in [6.45, 7) is 3.84. The summed E-state index contributed by atoms with van der Waals surface area (Å²) < 4.78 is 8.06. The van der Waals surface area contributed by atoms with Crippen molar-refractivity contribution in [2.75, 3.05) is 0 Å². The Hall–Kier alpha value is -1.01. The highest BCUT2D eigenvalue weighted by molar-refractivity contribution is 7.00. The maximum atomic E-state index is 11.2. The molecule has 0 aliphatic heterocycles. The Balaban J connectivity index is 0.000000671. The van der Waals surface area contributed by atoms with Crippen molar-refractivity contribution in [1.82, 2.24) is 0 Å². The van der Waals surface area contributed by atoms with Crippen molar-refractivity contribution in [2.45, 2.75) is 20.3 Å². The number of Topliss-reactive ketones (excluding diaryl/α,β-unsaturated/α-hetero) is 1. The van der Waals surface area contributed by atoms with Gasteiger partial charge in [0.2, 0.25) is 0 Å². The minimum absolute atomic E-state index is 0.225. The first kappa shape index (κ1) is 12.0. The van der Waals surface area contributed by atoms with Gasteiger partial charge < -0.3 is 0 Å². The van der Waals surface area contributed by atoms with Crippen molar-refractivity contribution in [3.05, 3.63) is 35.4 Å². The molecule has 0 aliphatic rings. The number of hydrogen-bond acceptors (Lipinski definition) is 2. The molecule has 0 bridgehead atoms. The summed E-state index contributed by atoms with van der Waals surface area (Å²) in [7, 11) is 1.72. The average Bonchev–Trinajstić information content (AvgIpc) is 2.20. The Bertz CT molecular complexity index is 284. The predicted octanol–water partition coefficient (Wildman–Crippen LogP) is 3.06. The Morgan fingerprint density at radius 2 is 1.85 bits per heavy atom. The highest BCUT2D eigenvalue weighted by Gasteiger charge is 2.03. The Kier molecular flexibility index (Phi) is 5.99. The fourth-order valence-electron chi connectivity index (χ4n) is 1.08. The van der Waals surface area contributed by atoms with Crippen molar-refractivity contribution >= 4 is 14.9 Å². The van der Waals surface area contributed by atoms with Crippen LogP contribution in [0.3, 0.4) is 0 Å². The zero-order valence-electron chi connectivity index (χ0n) is 7.83. The minimum Gasteiger partial charge on any atom is -0.294 e. The van der Waals surface area contributed by atoms with Crippen LogP contribution in [0.4, 0.5) is 0 Å². The SMILES string of the molecule is CCC(=O)c1ccccc1C.O=P. The lowest BCUT2D eigenvalue weighted by Gasteiger charge is -2.00. The molecule has 13 heavy (non-hydrogen) atoms. The lowest BCUT2D eigenvalue weighted by Crippen LogP contribution is -1.98. The lowest BCUT2D eigenvalue weighted by molar-refractivity contribution is 0.0987. The van der Waals surface area contributed by atoms with E-state index in [0.29, 0.717) is 6.42 Å². The summed E-state index contributed by atoms with van der Waals surface area (Å²) in [5.41, 5.74) is 1.93. The second-order valence-corrected chi connectivity index (χ2v) is 2.59. The summed E-state index contributed by atoms with van der Waals surface area (Å²) in [5, 5.41) is 0. The third-order valence-corrected chi connectivity index (χ3v) is 1.77. The normalized spacial score (nSPS) is 8.46. The van der Waals surface area contributed by atoms with E-state index in [2.05, 4.69) is 0 Å². The molecular formula is C10H13O2P. The van der Waals surface area contributed by atoms with Crippen LogP contribution in [0.25, 0.3) is 0 Å². The highest BCUT2D eigenvalue weighted by atomic mass is 31.0. The van der Waals surface area contributed by atoms with Gasteiger partial charge in [-0.1, -0.05) is 31.2 Å². The van der Waals surface area contributed by atoms with E-state index in [1.54, 1.807) is 9.12 Å². The van der Waals surface area contributed by atoms with E-state index in [0.717, 1.165) is 11.1 Å². The molecule has 0 fully saturated rings. The van der Waals surface area contributed by atoms with Crippen molar-refractivity contribution in [3.63, 3.8) is 0 Å². The van der Waals surface area contributed by atoms with Crippen molar-refractivity contribution < 1.29 is 9.36 Å². The summed E-state index contributed by atoms with van der Waals surface area (Å²) in [6, 6.07) is 7.68. The number of rotatable bonds is 2. The Labute approximate surface area is 80.6 Å². The molecular weight excluding hydrogens is 183 g/mol. The standard InChI is InChI=1S/C10H12O.HOP/c1-3-10(11)9-7-5-4-6-8(9)2;1-2/h4-7H,3H2,1-2H3;2H. The molecule has 0 aliphatic carbocycles. The van der Waals surface area contributed by atoms with Crippen LogP contribution < -0.4 is 0 Å². The van der Waals surface area contributed by atoms with Gasteiger partial charge in [0, 0.05) is 12.0 Å². The maximum Gasteiger partial charge on any atom is 0.162 e. The number of aryl methyl sites for hydroxylation is 1. The van der Waals surface area contributed by atoms with Crippen LogP contribution in [-0.4, -0.2) is 5.78 Å². The van der Waals surface area contributed by atoms with E-state index in [-0.39, 0.29) is 5.78 Å². The second-order valence-electron chi connectivity index (χ2n) is 2.59. The molecule has 0 amide bonds. The van der Waals surface area contributed by atoms with Crippen LogP contribution >= 0.6 is 9.12 Å². The number of benzene rings is 1. The third-order valence-electron chi connectivity index (χ3n) is 1.77. The van der Waals surface area contributed by atoms with Gasteiger partial charge in [0.15, 0.2) is 5.78 Å². The number of ketones is 1. The van der Waals surface area contributed by atoms with Crippen LogP contribution in [0.15, 0.2) is 24.3 Å². The van der Waals surface area contributed by atoms with Gasteiger partial charge in [-0.3, -0.25) is 9.36 Å². The van der Waals surface area contributed by atoms with Gasteiger partial charge in [-0.2, -0.15) is 0 Å². The molecule has 2 nitrogen and oxygen atoms in total. The molecule has 0 heterocycles. The second kappa shape index (κ2) is 6.50. The van der Waals surface area contributed by atoms with Gasteiger partial charge in [0.05, 0.1) is 0 Å². The van der Waals surface area contributed by atoms with E-state index in [1.807, 2.05) is 38.1 Å². The fraction of sp³-hybridized carbons (Fsp3) is 0.300. The van der Waals surface area contributed by atoms with Crippen LogP contribution in [-0.2, 0) is 4.57 Å². The monoisotopic (exact) mass is 196 g/mol. The van der Waals surface area contributed by atoms with Crippen molar-refractivity contribution in [2.24, 2.45) is 0 Å². The van der Waals surface area contributed by atoms with Gasteiger partial charge in [0.1, 0.15) is 9.12 Å². The van der Waals surface area contributed by atoms with E-state index in [4.69, 9.17) is 4.57 Å².